The van der Waals surface area contributed by atoms with E-state index in [4.69, 9.17) is 0 Å². The van der Waals surface area contributed by atoms with Gasteiger partial charge in [-0.15, -0.1) is 0 Å². The molecule has 0 aliphatic carbocycles. The van der Waals surface area contributed by atoms with E-state index in [0.717, 1.165) is 45.6 Å². The molecule has 1 fully saturated rings. The number of rotatable bonds is 8. The van der Waals surface area contributed by atoms with Gasteiger partial charge in [-0.1, -0.05) is 31.5 Å². The number of carbonyl (C=O) groups excluding carboxylic acids is 2. The van der Waals surface area contributed by atoms with E-state index < -0.39 is 0 Å². The molecule has 1 saturated heterocycles. The molecule has 1 aliphatic heterocycles. The molecule has 7 heteroatoms. The van der Waals surface area contributed by atoms with E-state index in [9.17, 15) is 9.59 Å². The van der Waals surface area contributed by atoms with E-state index in [1.54, 1.807) is 24.4 Å². The SMILES string of the molecule is CCCCN(CC)C(=O)c1cnc(N2CCNCC2)c(NC(=O)c2ccccc2)c1. The maximum absolute atomic E-state index is 13.0. The number of nitrogens with one attached hydrogen (secondary N) is 2. The fraction of sp³-hybridized carbons (Fsp3) is 0.435. The summed E-state index contributed by atoms with van der Waals surface area (Å²) in [7, 11) is 0. The summed E-state index contributed by atoms with van der Waals surface area (Å²) >= 11 is 0. The van der Waals surface area contributed by atoms with Crippen LogP contribution in [0, 0.1) is 0 Å². The highest BCUT2D eigenvalue weighted by molar-refractivity contribution is 6.06. The summed E-state index contributed by atoms with van der Waals surface area (Å²) in [6, 6.07) is 10.8. The van der Waals surface area contributed by atoms with Gasteiger partial charge in [0.25, 0.3) is 11.8 Å². The number of nitrogens with zero attached hydrogens (tertiary/aromatic N) is 3. The smallest absolute Gasteiger partial charge is 0.255 e. The number of unbranched alkanes of at least 4 members (excludes halogenated alkanes) is 1. The fourth-order valence-electron chi connectivity index (χ4n) is 3.51. The third kappa shape index (κ3) is 5.36. The molecule has 1 aliphatic rings. The second kappa shape index (κ2) is 10.7. The Morgan fingerprint density at radius 3 is 2.53 bits per heavy atom. The fourth-order valence-corrected chi connectivity index (χ4v) is 3.51. The standard InChI is InChI=1S/C23H31N5O2/c1-3-5-13-27(4-2)23(30)19-16-20(26-22(29)18-9-7-6-8-10-18)21(25-17-19)28-14-11-24-12-15-28/h6-10,16-17,24H,3-5,11-15H2,1-2H3,(H,26,29). The molecule has 0 spiro atoms. The Hall–Kier alpha value is -2.93. The van der Waals surface area contributed by atoms with Crippen LogP contribution in [0.15, 0.2) is 42.6 Å². The number of amides is 2. The van der Waals surface area contributed by atoms with Gasteiger partial charge in [0.15, 0.2) is 5.82 Å². The van der Waals surface area contributed by atoms with Gasteiger partial charge in [0.05, 0.1) is 11.3 Å². The molecule has 7 nitrogen and oxygen atoms in total. The van der Waals surface area contributed by atoms with Crippen molar-refractivity contribution >= 4 is 23.3 Å². The predicted octanol–water partition coefficient (Wildman–Crippen LogP) is 3.01. The van der Waals surface area contributed by atoms with Crippen LogP contribution in [0.3, 0.4) is 0 Å². The van der Waals surface area contributed by atoms with Gasteiger partial charge in [0.2, 0.25) is 0 Å². The molecule has 0 unspecified atom stereocenters. The summed E-state index contributed by atoms with van der Waals surface area (Å²) in [4.78, 5) is 34.4. The Balaban J connectivity index is 1.90. The lowest BCUT2D eigenvalue weighted by molar-refractivity contribution is 0.0761. The summed E-state index contributed by atoms with van der Waals surface area (Å²) in [5.74, 6) is 0.436. The number of hydrogen-bond acceptors (Lipinski definition) is 5. The topological polar surface area (TPSA) is 77.6 Å². The summed E-state index contributed by atoms with van der Waals surface area (Å²) in [6.07, 6.45) is 3.62. The maximum Gasteiger partial charge on any atom is 0.255 e. The van der Waals surface area contributed by atoms with Crippen LogP contribution in [-0.2, 0) is 0 Å². The summed E-state index contributed by atoms with van der Waals surface area (Å²) < 4.78 is 0. The van der Waals surface area contributed by atoms with Gasteiger partial charge >= 0.3 is 0 Å². The minimum Gasteiger partial charge on any atom is -0.352 e. The van der Waals surface area contributed by atoms with E-state index in [1.165, 1.54) is 0 Å². The van der Waals surface area contributed by atoms with Crippen molar-refractivity contribution in [1.82, 2.24) is 15.2 Å². The quantitative estimate of drug-likeness (QED) is 0.701. The molecule has 2 amide bonds. The van der Waals surface area contributed by atoms with Gasteiger partial charge < -0.3 is 20.4 Å². The van der Waals surface area contributed by atoms with Crippen molar-refractivity contribution in [2.24, 2.45) is 0 Å². The molecule has 2 heterocycles. The predicted molar refractivity (Wildman–Crippen MR) is 120 cm³/mol. The van der Waals surface area contributed by atoms with E-state index in [0.29, 0.717) is 29.2 Å². The molecule has 0 bridgehead atoms. The third-order valence-electron chi connectivity index (χ3n) is 5.26. The van der Waals surface area contributed by atoms with E-state index in [1.807, 2.05) is 30.0 Å². The van der Waals surface area contributed by atoms with E-state index >= 15 is 0 Å². The van der Waals surface area contributed by atoms with Gasteiger partial charge in [0.1, 0.15) is 0 Å². The Morgan fingerprint density at radius 1 is 1.13 bits per heavy atom. The molecule has 2 N–H and O–H groups in total. The molecule has 0 saturated carbocycles. The van der Waals surface area contributed by atoms with E-state index in [2.05, 4.69) is 27.4 Å². The zero-order valence-corrected chi connectivity index (χ0v) is 17.9. The monoisotopic (exact) mass is 409 g/mol. The van der Waals surface area contributed by atoms with Crippen LogP contribution in [0.25, 0.3) is 0 Å². The summed E-state index contributed by atoms with van der Waals surface area (Å²) in [5.41, 5.74) is 1.64. The molecular formula is C23H31N5O2. The van der Waals surface area contributed by atoms with Gasteiger partial charge in [-0.05, 0) is 31.5 Å². The average molecular weight is 410 g/mol. The number of anilines is 2. The number of carbonyl (C=O) groups is 2. The Labute approximate surface area is 178 Å². The molecule has 1 aromatic carbocycles. The lowest BCUT2D eigenvalue weighted by atomic mass is 10.1. The Morgan fingerprint density at radius 2 is 1.87 bits per heavy atom. The average Bonchev–Trinajstić information content (AvgIpc) is 2.80. The van der Waals surface area contributed by atoms with Gasteiger partial charge in [-0.25, -0.2) is 4.98 Å². The van der Waals surface area contributed by atoms with Gasteiger partial charge in [-0.2, -0.15) is 0 Å². The molecule has 0 radical (unpaired) electrons. The highest BCUT2D eigenvalue weighted by Crippen LogP contribution is 2.26. The van der Waals surface area contributed by atoms with Gasteiger partial charge in [0, 0.05) is 51.0 Å². The lowest BCUT2D eigenvalue weighted by Gasteiger charge is -2.30. The Kier molecular flexibility index (Phi) is 7.79. The lowest BCUT2D eigenvalue weighted by Crippen LogP contribution is -2.44. The van der Waals surface area contributed by atoms with Gasteiger partial charge in [-0.3, -0.25) is 9.59 Å². The highest BCUT2D eigenvalue weighted by atomic mass is 16.2. The van der Waals surface area contributed by atoms with Crippen LogP contribution < -0.4 is 15.5 Å². The van der Waals surface area contributed by atoms with Crippen LogP contribution in [-0.4, -0.2) is 61.0 Å². The minimum atomic E-state index is -0.211. The first kappa shape index (κ1) is 21.8. The number of benzene rings is 1. The summed E-state index contributed by atoms with van der Waals surface area (Å²) in [5, 5.41) is 6.31. The van der Waals surface area contributed by atoms with Crippen molar-refractivity contribution in [3.05, 3.63) is 53.7 Å². The normalized spacial score (nSPS) is 13.7. The van der Waals surface area contributed by atoms with Crippen molar-refractivity contribution in [3.8, 4) is 0 Å². The molecule has 3 rings (SSSR count). The van der Waals surface area contributed by atoms with Crippen molar-refractivity contribution in [2.45, 2.75) is 26.7 Å². The second-order valence-corrected chi connectivity index (χ2v) is 7.39. The second-order valence-electron chi connectivity index (χ2n) is 7.39. The number of pyridine rings is 1. The van der Waals surface area contributed by atoms with Crippen LogP contribution in [0.4, 0.5) is 11.5 Å². The first-order chi connectivity index (χ1) is 14.6. The maximum atomic E-state index is 13.0. The summed E-state index contributed by atoms with van der Waals surface area (Å²) in [6.45, 7) is 8.76. The minimum absolute atomic E-state index is 0.0551. The van der Waals surface area contributed by atoms with Crippen molar-refractivity contribution in [3.63, 3.8) is 0 Å². The highest BCUT2D eigenvalue weighted by Gasteiger charge is 2.21. The number of aromatic nitrogens is 1. The first-order valence-electron chi connectivity index (χ1n) is 10.8. The van der Waals surface area contributed by atoms with Crippen molar-refractivity contribution in [2.75, 3.05) is 49.5 Å². The number of hydrogen-bond donors (Lipinski definition) is 2. The largest absolute Gasteiger partial charge is 0.352 e. The van der Waals surface area contributed by atoms with Crippen LogP contribution in [0.1, 0.15) is 47.4 Å². The molecule has 1 aromatic heterocycles. The first-order valence-corrected chi connectivity index (χ1v) is 10.8. The Bertz CT molecular complexity index is 850. The molecule has 0 atom stereocenters. The zero-order valence-electron chi connectivity index (χ0n) is 17.9. The molecule has 2 aromatic rings. The molecule has 30 heavy (non-hydrogen) atoms. The van der Waals surface area contributed by atoms with Crippen LogP contribution in [0.2, 0.25) is 0 Å². The van der Waals surface area contributed by atoms with Crippen molar-refractivity contribution < 1.29 is 9.59 Å². The third-order valence-corrected chi connectivity index (χ3v) is 5.26. The zero-order chi connectivity index (χ0) is 21.3. The number of piperazine rings is 1. The van der Waals surface area contributed by atoms with Crippen LogP contribution in [0.5, 0.6) is 0 Å². The molecular weight excluding hydrogens is 378 g/mol. The van der Waals surface area contributed by atoms with Crippen LogP contribution >= 0.6 is 0 Å². The van der Waals surface area contributed by atoms with Crippen molar-refractivity contribution in [1.29, 1.82) is 0 Å². The van der Waals surface area contributed by atoms with E-state index in [-0.39, 0.29) is 11.8 Å². The molecule has 160 valence electrons.